The minimum atomic E-state index is -0.109. The number of Topliss-reactive ketones (excluding diaryl/α,β-unsaturated/α-hetero) is 1. The number of fused-ring (bicyclic) bond motifs is 1. The normalized spacial score (nSPS) is 12.9. The summed E-state index contributed by atoms with van der Waals surface area (Å²) in [6, 6.07) is 7.86. The smallest absolute Gasteiger partial charge is 0.179 e. The van der Waals surface area contributed by atoms with Gasteiger partial charge in [-0.05, 0) is 36.4 Å². The summed E-state index contributed by atoms with van der Waals surface area (Å²) in [5.74, 6) is 0.164. The summed E-state index contributed by atoms with van der Waals surface area (Å²) in [7, 11) is 0. The van der Waals surface area contributed by atoms with Crippen molar-refractivity contribution >= 4 is 27.2 Å². The van der Waals surface area contributed by atoms with Crippen LogP contribution >= 0.6 is 11.3 Å². The van der Waals surface area contributed by atoms with Crippen molar-refractivity contribution in [2.24, 2.45) is 0 Å². The first-order valence-corrected chi connectivity index (χ1v) is 6.35. The number of carbonyl (C=O) groups excluding carboxylic acids is 1. The van der Waals surface area contributed by atoms with Crippen LogP contribution in [0.3, 0.4) is 0 Å². The molecular weight excluding hydrogens is 218 g/mol. The molecule has 1 aromatic carbocycles. The van der Waals surface area contributed by atoms with E-state index >= 15 is 0 Å². The largest absolute Gasteiger partial charge is 0.308 e. The SMILES string of the molecule is CCNC(C)C(=O)c1ccc2ccsc2c1. The first-order chi connectivity index (χ1) is 7.72. The molecule has 0 spiro atoms. The highest BCUT2D eigenvalue weighted by Crippen LogP contribution is 2.22. The zero-order valence-corrected chi connectivity index (χ0v) is 10.3. The van der Waals surface area contributed by atoms with E-state index in [0.29, 0.717) is 0 Å². The first-order valence-electron chi connectivity index (χ1n) is 5.47. The highest BCUT2D eigenvalue weighted by molar-refractivity contribution is 7.17. The van der Waals surface area contributed by atoms with Gasteiger partial charge in [0.2, 0.25) is 0 Å². The average Bonchev–Trinajstić information content (AvgIpc) is 2.75. The van der Waals surface area contributed by atoms with Gasteiger partial charge < -0.3 is 5.32 Å². The summed E-state index contributed by atoms with van der Waals surface area (Å²) in [4.78, 5) is 12.0. The Morgan fingerprint density at radius 1 is 1.44 bits per heavy atom. The number of benzene rings is 1. The summed E-state index contributed by atoms with van der Waals surface area (Å²) >= 11 is 1.67. The third-order valence-electron chi connectivity index (χ3n) is 2.64. The van der Waals surface area contributed by atoms with Gasteiger partial charge in [-0.2, -0.15) is 0 Å². The molecule has 84 valence electrons. The van der Waals surface area contributed by atoms with Crippen LogP contribution in [0.5, 0.6) is 0 Å². The molecule has 1 heterocycles. The maximum Gasteiger partial charge on any atom is 0.179 e. The van der Waals surface area contributed by atoms with Crippen LogP contribution in [0, 0.1) is 0 Å². The Balaban J connectivity index is 2.28. The quantitative estimate of drug-likeness (QED) is 0.822. The van der Waals surface area contributed by atoms with Crippen molar-refractivity contribution in [2.75, 3.05) is 6.54 Å². The second kappa shape index (κ2) is 4.76. The Bertz CT molecular complexity index is 503. The molecule has 0 fully saturated rings. The van der Waals surface area contributed by atoms with Gasteiger partial charge in [-0.3, -0.25) is 4.79 Å². The summed E-state index contributed by atoms with van der Waals surface area (Å²) in [6.45, 7) is 4.73. The van der Waals surface area contributed by atoms with Gasteiger partial charge in [-0.1, -0.05) is 19.1 Å². The number of hydrogen-bond acceptors (Lipinski definition) is 3. The standard InChI is InChI=1S/C13H15NOS/c1-3-14-9(2)13(15)11-5-4-10-6-7-16-12(10)8-11/h4-9,14H,3H2,1-2H3. The molecule has 2 nitrogen and oxygen atoms in total. The minimum Gasteiger partial charge on any atom is -0.308 e. The zero-order valence-electron chi connectivity index (χ0n) is 9.49. The Hall–Kier alpha value is -1.19. The van der Waals surface area contributed by atoms with Crippen molar-refractivity contribution in [3.05, 3.63) is 35.2 Å². The minimum absolute atomic E-state index is 0.109. The number of ketones is 1. The maximum absolute atomic E-state index is 12.0. The molecule has 1 aromatic heterocycles. The fourth-order valence-corrected chi connectivity index (χ4v) is 2.59. The maximum atomic E-state index is 12.0. The Kier molecular flexibility index (Phi) is 3.36. The van der Waals surface area contributed by atoms with Gasteiger partial charge in [0.05, 0.1) is 6.04 Å². The third kappa shape index (κ3) is 2.15. The molecule has 0 saturated heterocycles. The number of carbonyl (C=O) groups is 1. The molecule has 1 unspecified atom stereocenters. The van der Waals surface area contributed by atoms with Crippen LogP contribution in [0.4, 0.5) is 0 Å². The number of nitrogens with one attached hydrogen (secondary N) is 1. The number of hydrogen-bond donors (Lipinski definition) is 1. The van der Waals surface area contributed by atoms with Crippen LogP contribution < -0.4 is 5.32 Å². The number of rotatable bonds is 4. The van der Waals surface area contributed by atoms with Gasteiger partial charge in [-0.25, -0.2) is 0 Å². The van der Waals surface area contributed by atoms with Crippen molar-refractivity contribution < 1.29 is 4.79 Å². The summed E-state index contributed by atoms with van der Waals surface area (Å²) in [5, 5.41) is 6.39. The average molecular weight is 233 g/mol. The Morgan fingerprint density at radius 3 is 3.00 bits per heavy atom. The monoisotopic (exact) mass is 233 g/mol. The van der Waals surface area contributed by atoms with Gasteiger partial charge in [0.15, 0.2) is 5.78 Å². The predicted molar refractivity (Wildman–Crippen MR) is 69.3 cm³/mol. The van der Waals surface area contributed by atoms with E-state index in [1.54, 1.807) is 11.3 Å². The first kappa shape index (κ1) is 11.3. The lowest BCUT2D eigenvalue weighted by molar-refractivity contribution is 0.0952. The van der Waals surface area contributed by atoms with Crippen LogP contribution in [0.1, 0.15) is 24.2 Å². The number of thiophene rings is 1. The molecule has 0 aliphatic rings. The molecule has 1 N–H and O–H groups in total. The third-order valence-corrected chi connectivity index (χ3v) is 3.52. The van der Waals surface area contributed by atoms with Crippen LogP contribution in [-0.2, 0) is 0 Å². The molecule has 0 aliphatic heterocycles. The topological polar surface area (TPSA) is 29.1 Å². The van der Waals surface area contributed by atoms with E-state index in [0.717, 1.165) is 12.1 Å². The summed E-state index contributed by atoms with van der Waals surface area (Å²) in [6.07, 6.45) is 0. The lowest BCUT2D eigenvalue weighted by Crippen LogP contribution is -2.33. The van der Waals surface area contributed by atoms with Crippen molar-refractivity contribution in [3.8, 4) is 0 Å². The molecule has 0 saturated carbocycles. The Morgan fingerprint density at radius 2 is 2.25 bits per heavy atom. The van der Waals surface area contributed by atoms with Crippen LogP contribution in [0.25, 0.3) is 10.1 Å². The van der Waals surface area contributed by atoms with Gasteiger partial charge in [0.1, 0.15) is 0 Å². The van der Waals surface area contributed by atoms with E-state index in [-0.39, 0.29) is 11.8 Å². The molecule has 0 amide bonds. The van der Waals surface area contributed by atoms with Gasteiger partial charge in [0.25, 0.3) is 0 Å². The zero-order chi connectivity index (χ0) is 11.5. The van der Waals surface area contributed by atoms with Crippen molar-refractivity contribution in [1.29, 1.82) is 0 Å². The lowest BCUT2D eigenvalue weighted by Gasteiger charge is -2.10. The molecule has 0 bridgehead atoms. The van der Waals surface area contributed by atoms with Gasteiger partial charge in [-0.15, -0.1) is 11.3 Å². The van der Waals surface area contributed by atoms with E-state index in [9.17, 15) is 4.79 Å². The van der Waals surface area contributed by atoms with E-state index < -0.39 is 0 Å². The molecule has 3 heteroatoms. The van der Waals surface area contributed by atoms with Crippen molar-refractivity contribution in [2.45, 2.75) is 19.9 Å². The van der Waals surface area contributed by atoms with E-state index in [1.807, 2.05) is 37.4 Å². The van der Waals surface area contributed by atoms with Crippen molar-refractivity contribution in [3.63, 3.8) is 0 Å². The van der Waals surface area contributed by atoms with Crippen LogP contribution in [0.2, 0.25) is 0 Å². The van der Waals surface area contributed by atoms with Crippen LogP contribution in [-0.4, -0.2) is 18.4 Å². The van der Waals surface area contributed by atoms with Crippen LogP contribution in [0.15, 0.2) is 29.6 Å². The molecule has 0 aliphatic carbocycles. The van der Waals surface area contributed by atoms with Gasteiger partial charge in [0, 0.05) is 10.3 Å². The Labute approximate surface area is 99.3 Å². The lowest BCUT2D eigenvalue weighted by atomic mass is 10.0. The second-order valence-electron chi connectivity index (χ2n) is 3.82. The van der Waals surface area contributed by atoms with Crippen molar-refractivity contribution in [1.82, 2.24) is 5.32 Å². The molecule has 2 rings (SSSR count). The molecule has 1 atom stereocenters. The fraction of sp³-hybridized carbons (Fsp3) is 0.308. The molecule has 16 heavy (non-hydrogen) atoms. The van der Waals surface area contributed by atoms with Gasteiger partial charge >= 0.3 is 0 Å². The molecule has 2 aromatic rings. The number of likely N-dealkylation sites (N-methyl/N-ethyl adjacent to an activating group) is 1. The molecule has 0 radical (unpaired) electrons. The molecular formula is C13H15NOS. The van der Waals surface area contributed by atoms with E-state index in [1.165, 1.54) is 10.1 Å². The highest BCUT2D eigenvalue weighted by Gasteiger charge is 2.14. The fourth-order valence-electron chi connectivity index (χ4n) is 1.76. The highest BCUT2D eigenvalue weighted by atomic mass is 32.1. The van der Waals surface area contributed by atoms with E-state index in [4.69, 9.17) is 0 Å². The summed E-state index contributed by atoms with van der Waals surface area (Å²) in [5.41, 5.74) is 0.795. The second-order valence-corrected chi connectivity index (χ2v) is 4.76. The predicted octanol–water partition coefficient (Wildman–Crippen LogP) is 3.08. The van der Waals surface area contributed by atoms with E-state index in [2.05, 4.69) is 11.4 Å². The summed E-state index contributed by atoms with van der Waals surface area (Å²) < 4.78 is 1.18.